The number of rotatable bonds is 3. The Kier molecular flexibility index (Phi) is 7.66. The SMILES string of the molecule is Cc1ccc(CN2CCC3(C2)CN(C(C)C)S(=O)(=O)c2ccccc2O3)s1.O=C(O)C(F)(F)F. The van der Waals surface area contributed by atoms with Crippen molar-refractivity contribution in [2.75, 3.05) is 19.6 Å². The van der Waals surface area contributed by atoms with Gasteiger partial charge in [0.1, 0.15) is 16.2 Å². The predicted octanol–water partition coefficient (Wildman–Crippen LogP) is 4.13. The van der Waals surface area contributed by atoms with Crippen LogP contribution < -0.4 is 4.74 Å². The van der Waals surface area contributed by atoms with Gasteiger partial charge in [-0.1, -0.05) is 12.1 Å². The van der Waals surface area contributed by atoms with Crippen molar-refractivity contribution in [1.29, 1.82) is 0 Å². The second-order valence-electron chi connectivity index (χ2n) is 8.65. The van der Waals surface area contributed by atoms with E-state index in [1.165, 1.54) is 9.75 Å². The fraction of sp³-hybridized carbons (Fsp3) is 0.500. The Morgan fingerprint density at radius 2 is 1.85 bits per heavy atom. The first-order valence-corrected chi connectivity index (χ1v) is 12.9. The summed E-state index contributed by atoms with van der Waals surface area (Å²) in [6.45, 7) is 8.90. The first-order chi connectivity index (χ1) is 15.7. The van der Waals surface area contributed by atoms with Gasteiger partial charge in [-0.15, -0.1) is 11.3 Å². The number of aryl methyl sites for hydroxylation is 1. The van der Waals surface area contributed by atoms with E-state index < -0.39 is 27.8 Å². The molecule has 12 heteroatoms. The van der Waals surface area contributed by atoms with Crippen LogP contribution in [0.25, 0.3) is 0 Å². The van der Waals surface area contributed by atoms with Crippen LogP contribution in [0.5, 0.6) is 5.75 Å². The normalized spacial score (nSPS) is 22.6. The van der Waals surface area contributed by atoms with Gasteiger partial charge in [0.25, 0.3) is 0 Å². The lowest BCUT2D eigenvalue weighted by Crippen LogP contribution is -2.51. The van der Waals surface area contributed by atoms with E-state index in [0.29, 0.717) is 12.3 Å². The highest BCUT2D eigenvalue weighted by Gasteiger charge is 2.48. The highest BCUT2D eigenvalue weighted by molar-refractivity contribution is 7.89. The molecule has 0 saturated carbocycles. The number of hydrogen-bond donors (Lipinski definition) is 1. The van der Waals surface area contributed by atoms with E-state index in [1.54, 1.807) is 22.5 Å². The van der Waals surface area contributed by atoms with Gasteiger partial charge < -0.3 is 9.84 Å². The Labute approximate surface area is 200 Å². The Balaban J connectivity index is 0.000000406. The molecule has 1 saturated heterocycles. The van der Waals surface area contributed by atoms with Crippen LogP contribution in [0.1, 0.15) is 30.0 Å². The van der Waals surface area contributed by atoms with Crippen molar-refractivity contribution in [3.63, 3.8) is 0 Å². The van der Waals surface area contributed by atoms with Crippen molar-refractivity contribution < 1.29 is 36.2 Å². The van der Waals surface area contributed by atoms with Crippen LogP contribution in [0.2, 0.25) is 0 Å². The zero-order valence-electron chi connectivity index (χ0n) is 19.0. The molecule has 0 radical (unpaired) electrons. The maximum Gasteiger partial charge on any atom is 0.490 e. The number of sulfonamides is 1. The molecule has 3 heterocycles. The van der Waals surface area contributed by atoms with Crippen LogP contribution in [0, 0.1) is 6.92 Å². The summed E-state index contributed by atoms with van der Waals surface area (Å²) in [6.07, 6.45) is -4.26. The number of alkyl halides is 3. The van der Waals surface area contributed by atoms with Crippen molar-refractivity contribution in [2.45, 2.75) is 56.5 Å². The molecular formula is C22H27F3N2O5S2. The van der Waals surface area contributed by atoms with Crippen LogP contribution in [-0.2, 0) is 21.4 Å². The van der Waals surface area contributed by atoms with Gasteiger partial charge in [0.05, 0.1) is 6.54 Å². The maximum absolute atomic E-state index is 13.2. The second kappa shape index (κ2) is 9.84. The van der Waals surface area contributed by atoms with Crippen molar-refractivity contribution in [1.82, 2.24) is 9.21 Å². The Bertz CT molecular complexity index is 1130. The number of thiophene rings is 1. The molecule has 188 valence electrons. The number of fused-ring (bicyclic) bond motifs is 1. The molecule has 4 rings (SSSR count). The summed E-state index contributed by atoms with van der Waals surface area (Å²) in [5.74, 6) is -2.28. The summed E-state index contributed by atoms with van der Waals surface area (Å²) in [5.41, 5.74) is -0.504. The van der Waals surface area contributed by atoms with Crippen LogP contribution in [0.4, 0.5) is 13.2 Å². The number of aliphatic carboxylic acids is 1. The zero-order chi connectivity index (χ0) is 25.3. The van der Waals surface area contributed by atoms with E-state index in [4.69, 9.17) is 14.6 Å². The molecule has 1 aromatic carbocycles. The average Bonchev–Trinajstić information content (AvgIpc) is 3.29. The molecule has 1 fully saturated rings. The van der Waals surface area contributed by atoms with Gasteiger partial charge in [-0.25, -0.2) is 13.2 Å². The summed E-state index contributed by atoms with van der Waals surface area (Å²) in [5, 5.41) is 7.12. The fourth-order valence-electron chi connectivity index (χ4n) is 4.03. The van der Waals surface area contributed by atoms with Crippen molar-refractivity contribution in [2.24, 2.45) is 0 Å². The minimum atomic E-state index is -5.08. The van der Waals surface area contributed by atoms with Crippen molar-refractivity contribution in [3.8, 4) is 5.75 Å². The molecule has 2 aliphatic rings. The Hall–Kier alpha value is -2.15. The topological polar surface area (TPSA) is 87.2 Å². The lowest BCUT2D eigenvalue weighted by molar-refractivity contribution is -0.192. The molecule has 0 aliphatic carbocycles. The lowest BCUT2D eigenvalue weighted by Gasteiger charge is -2.33. The highest BCUT2D eigenvalue weighted by Crippen LogP contribution is 2.39. The molecule has 34 heavy (non-hydrogen) atoms. The van der Waals surface area contributed by atoms with Gasteiger partial charge in [0.2, 0.25) is 10.0 Å². The summed E-state index contributed by atoms with van der Waals surface area (Å²) in [7, 11) is -3.56. The smallest absolute Gasteiger partial charge is 0.483 e. The Morgan fingerprint density at radius 1 is 1.21 bits per heavy atom. The molecule has 1 atom stereocenters. The monoisotopic (exact) mass is 520 g/mol. The zero-order valence-corrected chi connectivity index (χ0v) is 20.6. The minimum absolute atomic E-state index is 0.115. The number of halogens is 3. The summed E-state index contributed by atoms with van der Waals surface area (Å²) < 4.78 is 66.2. The van der Waals surface area contributed by atoms with Gasteiger partial charge in [-0.05, 0) is 45.0 Å². The molecule has 1 spiro atoms. The van der Waals surface area contributed by atoms with Gasteiger partial charge >= 0.3 is 12.1 Å². The van der Waals surface area contributed by atoms with Crippen LogP contribution in [0.15, 0.2) is 41.3 Å². The number of nitrogens with zero attached hydrogens (tertiary/aromatic N) is 2. The molecule has 1 unspecified atom stereocenters. The van der Waals surface area contributed by atoms with Gasteiger partial charge in [-0.3, -0.25) is 4.90 Å². The maximum atomic E-state index is 13.2. The van der Waals surface area contributed by atoms with Crippen molar-refractivity contribution in [3.05, 3.63) is 46.2 Å². The second-order valence-corrected chi connectivity index (χ2v) is 11.9. The third-order valence-corrected chi connectivity index (χ3v) is 8.64. The first kappa shape index (κ1) is 26.5. The molecule has 2 aliphatic heterocycles. The van der Waals surface area contributed by atoms with Crippen molar-refractivity contribution >= 4 is 27.3 Å². The van der Waals surface area contributed by atoms with Crippen LogP contribution in [-0.4, -0.2) is 66.2 Å². The quantitative estimate of drug-likeness (QED) is 0.655. The van der Waals surface area contributed by atoms with Gasteiger partial charge in [0, 0.05) is 41.9 Å². The molecule has 0 bridgehead atoms. The number of ether oxygens (including phenoxy) is 1. The van der Waals surface area contributed by atoms with Gasteiger partial charge in [-0.2, -0.15) is 17.5 Å². The molecule has 1 aromatic heterocycles. The molecule has 7 nitrogen and oxygen atoms in total. The van der Waals surface area contributed by atoms with Gasteiger partial charge in [0.15, 0.2) is 0 Å². The number of benzene rings is 1. The number of carboxylic acids is 1. The third kappa shape index (κ3) is 5.91. The highest BCUT2D eigenvalue weighted by atomic mass is 32.2. The number of hydrogen-bond acceptors (Lipinski definition) is 6. The Morgan fingerprint density at radius 3 is 2.41 bits per heavy atom. The number of para-hydroxylation sites is 1. The van der Waals surface area contributed by atoms with E-state index in [0.717, 1.165) is 26.1 Å². The summed E-state index contributed by atoms with van der Waals surface area (Å²) >= 11 is 1.82. The number of carboxylic acid groups (broad SMARTS) is 1. The number of likely N-dealkylation sites (tertiary alicyclic amines) is 1. The largest absolute Gasteiger partial charge is 0.490 e. The van der Waals surface area contributed by atoms with E-state index in [2.05, 4.69) is 24.0 Å². The fourth-order valence-corrected chi connectivity index (χ4v) is 6.79. The summed E-state index contributed by atoms with van der Waals surface area (Å²) in [6, 6.07) is 11.3. The number of carbonyl (C=O) groups is 1. The standard InChI is InChI=1S/C20H26N2O3S2.C2HF3O2/c1-15(2)22-14-20(25-18-6-4-5-7-19(18)27(22,23)24)10-11-21(13-20)12-17-9-8-16(3)26-17;3-2(4,5)1(6)7/h4-9,15H,10-14H2,1-3H3;(H,6,7). The lowest BCUT2D eigenvalue weighted by atomic mass is 10.0. The average molecular weight is 521 g/mol. The van der Waals surface area contributed by atoms with E-state index >= 15 is 0 Å². The minimum Gasteiger partial charge on any atom is -0.483 e. The third-order valence-electron chi connectivity index (χ3n) is 5.60. The van der Waals surface area contributed by atoms with E-state index in [1.807, 2.05) is 31.3 Å². The molecular weight excluding hydrogens is 493 g/mol. The molecule has 1 N–H and O–H groups in total. The molecule has 0 amide bonds. The van der Waals surface area contributed by atoms with E-state index in [9.17, 15) is 21.6 Å². The molecule has 2 aromatic rings. The predicted molar refractivity (Wildman–Crippen MR) is 121 cm³/mol. The van der Waals surface area contributed by atoms with Crippen LogP contribution >= 0.6 is 11.3 Å². The van der Waals surface area contributed by atoms with E-state index in [-0.39, 0.29) is 10.9 Å². The van der Waals surface area contributed by atoms with Crippen LogP contribution in [0.3, 0.4) is 0 Å². The first-order valence-electron chi connectivity index (χ1n) is 10.6. The summed E-state index contributed by atoms with van der Waals surface area (Å²) in [4.78, 5) is 14.2.